The number of aromatic hydroxyl groups is 1. The van der Waals surface area contributed by atoms with E-state index in [9.17, 15) is 5.11 Å². The van der Waals surface area contributed by atoms with E-state index in [0.29, 0.717) is 5.75 Å². The minimum absolute atomic E-state index is 0.377. The maximum atomic E-state index is 9.93. The minimum Gasteiger partial charge on any atom is -0.507 e. The lowest BCUT2D eigenvalue weighted by atomic mass is 10.1. The average molecular weight is 246 g/mol. The molecule has 0 aliphatic heterocycles. The molecule has 0 unspecified atom stereocenters. The van der Waals surface area contributed by atoms with Gasteiger partial charge in [0.2, 0.25) is 0 Å². The van der Waals surface area contributed by atoms with Crippen molar-refractivity contribution in [1.82, 2.24) is 9.88 Å². The molecule has 0 aliphatic rings. The predicted molar refractivity (Wildman–Crippen MR) is 76.1 cm³/mol. The van der Waals surface area contributed by atoms with Crippen LogP contribution in [0.4, 0.5) is 0 Å². The molecule has 18 heavy (non-hydrogen) atoms. The molecule has 1 aromatic heterocycles. The van der Waals surface area contributed by atoms with E-state index in [4.69, 9.17) is 0 Å². The van der Waals surface area contributed by atoms with Crippen molar-refractivity contribution < 1.29 is 5.11 Å². The van der Waals surface area contributed by atoms with Crippen molar-refractivity contribution in [3.63, 3.8) is 0 Å². The Labute approximate surface area is 108 Å². The van der Waals surface area contributed by atoms with Crippen LogP contribution < -0.4 is 0 Å². The Kier molecular flexibility index (Phi) is 4.26. The van der Waals surface area contributed by atoms with E-state index in [1.54, 1.807) is 6.07 Å². The number of benzene rings is 1. The Morgan fingerprint density at radius 3 is 2.78 bits per heavy atom. The number of nitrogens with one attached hydrogen (secondary N) is 1. The third-order valence-electron chi connectivity index (χ3n) is 3.45. The zero-order valence-corrected chi connectivity index (χ0v) is 11.2. The van der Waals surface area contributed by atoms with E-state index >= 15 is 0 Å². The molecule has 1 heterocycles. The van der Waals surface area contributed by atoms with Crippen molar-refractivity contribution in [1.29, 1.82) is 0 Å². The first-order valence-electron chi connectivity index (χ1n) is 6.76. The molecule has 0 aliphatic carbocycles. The normalized spacial score (nSPS) is 11.5. The summed E-state index contributed by atoms with van der Waals surface area (Å²) in [6.07, 6.45) is 4.18. The van der Waals surface area contributed by atoms with Gasteiger partial charge in [0.05, 0.1) is 0 Å². The van der Waals surface area contributed by atoms with E-state index in [1.807, 2.05) is 18.3 Å². The van der Waals surface area contributed by atoms with Crippen LogP contribution in [0.2, 0.25) is 0 Å². The van der Waals surface area contributed by atoms with Crippen LogP contribution in [0, 0.1) is 0 Å². The largest absolute Gasteiger partial charge is 0.507 e. The third kappa shape index (κ3) is 2.67. The van der Waals surface area contributed by atoms with Gasteiger partial charge in [0.15, 0.2) is 0 Å². The Balaban J connectivity index is 2.12. The number of H-pyrrole nitrogens is 1. The number of likely N-dealkylation sites (N-methyl/N-ethyl adjacent to an activating group) is 1. The molecule has 1 aromatic carbocycles. The molecule has 3 heteroatoms. The van der Waals surface area contributed by atoms with Gasteiger partial charge in [-0.3, -0.25) is 0 Å². The van der Waals surface area contributed by atoms with Crippen molar-refractivity contribution in [2.45, 2.75) is 26.7 Å². The Morgan fingerprint density at radius 1 is 1.22 bits per heavy atom. The quantitative estimate of drug-likeness (QED) is 0.822. The van der Waals surface area contributed by atoms with E-state index in [0.717, 1.165) is 37.0 Å². The molecule has 0 atom stereocenters. The van der Waals surface area contributed by atoms with Gasteiger partial charge in [-0.15, -0.1) is 0 Å². The Hall–Kier alpha value is -1.48. The summed E-state index contributed by atoms with van der Waals surface area (Å²) in [5.74, 6) is 0.377. The number of aromatic amines is 1. The van der Waals surface area contributed by atoms with E-state index < -0.39 is 0 Å². The SMILES string of the molecule is CCCN(CC)CCc1c[nH]c2cccc(O)c12. The molecule has 0 amide bonds. The van der Waals surface area contributed by atoms with E-state index in [-0.39, 0.29) is 0 Å². The monoisotopic (exact) mass is 246 g/mol. The maximum Gasteiger partial charge on any atom is 0.125 e. The van der Waals surface area contributed by atoms with Crippen LogP contribution in [0.1, 0.15) is 25.8 Å². The van der Waals surface area contributed by atoms with Crippen LogP contribution in [0.15, 0.2) is 24.4 Å². The van der Waals surface area contributed by atoms with Gasteiger partial charge in [0.1, 0.15) is 5.75 Å². The maximum absolute atomic E-state index is 9.93. The van der Waals surface area contributed by atoms with E-state index in [1.165, 1.54) is 12.0 Å². The van der Waals surface area contributed by atoms with Gasteiger partial charge in [0.25, 0.3) is 0 Å². The topological polar surface area (TPSA) is 39.3 Å². The van der Waals surface area contributed by atoms with E-state index in [2.05, 4.69) is 23.7 Å². The summed E-state index contributed by atoms with van der Waals surface area (Å²) in [5, 5.41) is 10.9. The molecule has 0 bridgehead atoms. The molecule has 0 saturated heterocycles. The number of nitrogens with zero attached hydrogens (tertiary/aromatic N) is 1. The van der Waals surface area contributed by atoms with Crippen LogP contribution in [0.25, 0.3) is 10.9 Å². The second kappa shape index (κ2) is 5.91. The second-order valence-corrected chi connectivity index (χ2v) is 4.70. The Morgan fingerprint density at radius 2 is 2.06 bits per heavy atom. The lowest BCUT2D eigenvalue weighted by Gasteiger charge is -2.19. The molecule has 2 rings (SSSR count). The minimum atomic E-state index is 0.377. The zero-order chi connectivity index (χ0) is 13.0. The number of phenols is 1. The molecular formula is C15H22N2O. The Bertz CT molecular complexity index is 504. The number of aromatic nitrogens is 1. The molecule has 0 spiro atoms. The molecule has 0 saturated carbocycles. The van der Waals surface area contributed by atoms with Gasteiger partial charge in [-0.1, -0.05) is 19.9 Å². The lowest BCUT2D eigenvalue weighted by molar-refractivity contribution is 0.292. The average Bonchev–Trinajstić information content (AvgIpc) is 2.79. The van der Waals surface area contributed by atoms with Crippen molar-refractivity contribution in [3.05, 3.63) is 30.0 Å². The highest BCUT2D eigenvalue weighted by molar-refractivity contribution is 5.88. The molecule has 0 radical (unpaired) electrons. The standard InChI is InChI=1S/C15H22N2O/c1-3-9-17(4-2)10-8-12-11-16-13-6-5-7-14(18)15(12)13/h5-7,11,16,18H,3-4,8-10H2,1-2H3. The number of rotatable bonds is 6. The van der Waals surface area contributed by atoms with Crippen LogP contribution in [0.3, 0.4) is 0 Å². The number of hydrogen-bond donors (Lipinski definition) is 2. The number of phenolic OH excluding ortho intramolecular Hbond substituents is 1. The van der Waals surface area contributed by atoms with Crippen molar-refractivity contribution >= 4 is 10.9 Å². The predicted octanol–water partition coefficient (Wildman–Crippen LogP) is 3.15. The van der Waals surface area contributed by atoms with Crippen LogP contribution >= 0.6 is 0 Å². The molecule has 2 N–H and O–H groups in total. The highest BCUT2D eigenvalue weighted by Gasteiger charge is 2.09. The van der Waals surface area contributed by atoms with Crippen molar-refractivity contribution in [2.24, 2.45) is 0 Å². The smallest absolute Gasteiger partial charge is 0.125 e. The molecule has 2 aromatic rings. The fourth-order valence-corrected chi connectivity index (χ4v) is 2.45. The highest BCUT2D eigenvalue weighted by atomic mass is 16.3. The van der Waals surface area contributed by atoms with Crippen LogP contribution in [0.5, 0.6) is 5.75 Å². The number of fused-ring (bicyclic) bond motifs is 1. The van der Waals surface area contributed by atoms with Gasteiger partial charge in [-0.05, 0) is 43.6 Å². The first-order valence-corrected chi connectivity index (χ1v) is 6.76. The van der Waals surface area contributed by atoms with Crippen LogP contribution in [-0.2, 0) is 6.42 Å². The molecule has 98 valence electrons. The van der Waals surface area contributed by atoms with Crippen molar-refractivity contribution in [3.8, 4) is 5.75 Å². The third-order valence-corrected chi connectivity index (χ3v) is 3.45. The van der Waals surface area contributed by atoms with Gasteiger partial charge in [0, 0.05) is 23.6 Å². The molecular weight excluding hydrogens is 224 g/mol. The molecule has 0 fully saturated rings. The summed E-state index contributed by atoms with van der Waals surface area (Å²) in [4.78, 5) is 5.67. The van der Waals surface area contributed by atoms with Crippen molar-refractivity contribution in [2.75, 3.05) is 19.6 Å². The fraction of sp³-hybridized carbons (Fsp3) is 0.467. The second-order valence-electron chi connectivity index (χ2n) is 4.70. The molecule has 3 nitrogen and oxygen atoms in total. The lowest BCUT2D eigenvalue weighted by Crippen LogP contribution is -2.26. The van der Waals surface area contributed by atoms with Gasteiger partial charge >= 0.3 is 0 Å². The van der Waals surface area contributed by atoms with Crippen LogP contribution in [-0.4, -0.2) is 34.6 Å². The summed E-state index contributed by atoms with van der Waals surface area (Å²) in [6.45, 7) is 7.68. The van der Waals surface area contributed by atoms with Gasteiger partial charge < -0.3 is 15.0 Å². The summed E-state index contributed by atoms with van der Waals surface area (Å²) in [6, 6.07) is 5.62. The first-order chi connectivity index (χ1) is 8.76. The summed E-state index contributed by atoms with van der Waals surface area (Å²) < 4.78 is 0. The van der Waals surface area contributed by atoms with Gasteiger partial charge in [-0.25, -0.2) is 0 Å². The number of hydrogen-bond acceptors (Lipinski definition) is 2. The summed E-state index contributed by atoms with van der Waals surface area (Å²) >= 11 is 0. The highest BCUT2D eigenvalue weighted by Crippen LogP contribution is 2.27. The summed E-state index contributed by atoms with van der Waals surface area (Å²) in [7, 11) is 0. The van der Waals surface area contributed by atoms with Gasteiger partial charge in [-0.2, -0.15) is 0 Å². The fourth-order valence-electron chi connectivity index (χ4n) is 2.45. The first kappa shape index (κ1) is 13.0. The zero-order valence-electron chi connectivity index (χ0n) is 11.2. The summed E-state index contributed by atoms with van der Waals surface area (Å²) in [5.41, 5.74) is 2.22.